The first-order valence-electron chi connectivity index (χ1n) is 7.96. The predicted octanol–water partition coefficient (Wildman–Crippen LogP) is 2.90. The molecule has 0 radical (unpaired) electrons. The standard InChI is InChI=1S/C20H19NO5/c1-21-14-8-6-5-7-12(14)19(23)18-15(21)11-16(24-2)13(20(18)26-4)9-10-17(22)25-3/h5-11H,1-4H3/b10-9+. The van der Waals surface area contributed by atoms with Crippen molar-refractivity contribution < 1.29 is 19.0 Å². The lowest BCUT2D eigenvalue weighted by Crippen LogP contribution is -2.11. The fourth-order valence-corrected chi connectivity index (χ4v) is 3.10. The minimum atomic E-state index is -0.513. The van der Waals surface area contributed by atoms with Crippen LogP contribution in [-0.2, 0) is 16.6 Å². The van der Waals surface area contributed by atoms with E-state index in [1.54, 1.807) is 12.1 Å². The molecule has 0 unspecified atom stereocenters. The van der Waals surface area contributed by atoms with Gasteiger partial charge in [0.25, 0.3) is 0 Å². The molecule has 0 saturated carbocycles. The van der Waals surface area contributed by atoms with Crippen LogP contribution >= 0.6 is 0 Å². The Bertz CT molecular complexity index is 1090. The number of carbonyl (C=O) groups is 1. The van der Waals surface area contributed by atoms with Crippen molar-refractivity contribution in [1.29, 1.82) is 0 Å². The molecular weight excluding hydrogens is 334 g/mol. The van der Waals surface area contributed by atoms with Crippen LogP contribution in [-0.4, -0.2) is 31.9 Å². The van der Waals surface area contributed by atoms with Crippen molar-refractivity contribution in [2.45, 2.75) is 0 Å². The predicted molar refractivity (Wildman–Crippen MR) is 101 cm³/mol. The van der Waals surface area contributed by atoms with Gasteiger partial charge in [-0.1, -0.05) is 12.1 Å². The van der Waals surface area contributed by atoms with Gasteiger partial charge in [0.15, 0.2) is 0 Å². The smallest absolute Gasteiger partial charge is 0.330 e. The number of methoxy groups -OCH3 is 3. The molecule has 0 aliphatic carbocycles. The van der Waals surface area contributed by atoms with E-state index in [-0.39, 0.29) is 5.43 Å². The molecule has 3 aromatic rings. The van der Waals surface area contributed by atoms with Gasteiger partial charge in [-0.25, -0.2) is 4.79 Å². The number of aromatic nitrogens is 1. The minimum absolute atomic E-state index is 0.138. The fraction of sp³-hybridized carbons (Fsp3) is 0.200. The van der Waals surface area contributed by atoms with Crippen molar-refractivity contribution in [2.75, 3.05) is 21.3 Å². The van der Waals surface area contributed by atoms with Gasteiger partial charge in [-0.15, -0.1) is 0 Å². The molecular formula is C20H19NO5. The van der Waals surface area contributed by atoms with Crippen molar-refractivity contribution in [1.82, 2.24) is 4.57 Å². The summed E-state index contributed by atoms with van der Waals surface area (Å²) in [5, 5.41) is 1.02. The lowest BCUT2D eigenvalue weighted by Gasteiger charge is -2.17. The van der Waals surface area contributed by atoms with Crippen molar-refractivity contribution in [2.24, 2.45) is 7.05 Å². The number of benzene rings is 2. The third-order valence-corrected chi connectivity index (χ3v) is 4.37. The Morgan fingerprint density at radius 2 is 1.81 bits per heavy atom. The minimum Gasteiger partial charge on any atom is -0.496 e. The molecule has 0 saturated heterocycles. The summed E-state index contributed by atoms with van der Waals surface area (Å²) in [5.41, 5.74) is 1.85. The van der Waals surface area contributed by atoms with E-state index >= 15 is 0 Å². The van der Waals surface area contributed by atoms with Crippen LogP contribution in [0, 0.1) is 0 Å². The number of esters is 1. The zero-order valence-corrected chi connectivity index (χ0v) is 15.0. The Hall–Kier alpha value is -3.28. The number of hydrogen-bond acceptors (Lipinski definition) is 5. The highest BCUT2D eigenvalue weighted by Crippen LogP contribution is 2.37. The van der Waals surface area contributed by atoms with Crippen LogP contribution in [0.1, 0.15) is 5.56 Å². The zero-order valence-electron chi connectivity index (χ0n) is 15.0. The van der Waals surface area contributed by atoms with Crippen LogP contribution in [0.15, 0.2) is 41.2 Å². The molecule has 0 aliphatic rings. The highest BCUT2D eigenvalue weighted by Gasteiger charge is 2.19. The Morgan fingerprint density at radius 1 is 1.08 bits per heavy atom. The van der Waals surface area contributed by atoms with Gasteiger partial charge in [-0.3, -0.25) is 4.79 Å². The number of carbonyl (C=O) groups excluding carboxylic acids is 1. The molecule has 0 amide bonds. The van der Waals surface area contributed by atoms with E-state index in [0.717, 1.165) is 5.52 Å². The largest absolute Gasteiger partial charge is 0.496 e. The Labute approximate surface area is 150 Å². The monoisotopic (exact) mass is 353 g/mol. The molecule has 0 N–H and O–H groups in total. The van der Waals surface area contributed by atoms with E-state index in [1.807, 2.05) is 29.8 Å². The highest BCUT2D eigenvalue weighted by atomic mass is 16.5. The van der Waals surface area contributed by atoms with E-state index < -0.39 is 5.97 Å². The number of para-hydroxylation sites is 1. The van der Waals surface area contributed by atoms with Crippen LogP contribution in [0.4, 0.5) is 0 Å². The molecule has 0 spiro atoms. The van der Waals surface area contributed by atoms with E-state index in [0.29, 0.717) is 33.4 Å². The molecule has 0 bridgehead atoms. The molecule has 134 valence electrons. The molecule has 0 aliphatic heterocycles. The number of hydrogen-bond donors (Lipinski definition) is 0. The first-order valence-corrected chi connectivity index (χ1v) is 7.96. The van der Waals surface area contributed by atoms with Gasteiger partial charge in [0, 0.05) is 24.6 Å². The third-order valence-electron chi connectivity index (χ3n) is 4.37. The maximum atomic E-state index is 13.1. The fourth-order valence-electron chi connectivity index (χ4n) is 3.10. The molecule has 26 heavy (non-hydrogen) atoms. The normalized spacial score (nSPS) is 11.2. The number of nitrogens with zero attached hydrogens (tertiary/aromatic N) is 1. The maximum Gasteiger partial charge on any atom is 0.330 e. The van der Waals surface area contributed by atoms with Crippen LogP contribution in [0.2, 0.25) is 0 Å². The molecule has 1 heterocycles. The molecule has 0 atom stereocenters. The molecule has 6 heteroatoms. The zero-order chi connectivity index (χ0) is 18.8. The molecule has 1 aromatic heterocycles. The first-order chi connectivity index (χ1) is 12.5. The highest BCUT2D eigenvalue weighted by molar-refractivity contribution is 6.00. The van der Waals surface area contributed by atoms with E-state index in [1.165, 1.54) is 33.5 Å². The second-order valence-electron chi connectivity index (χ2n) is 5.68. The molecule has 3 rings (SSSR count). The summed E-state index contributed by atoms with van der Waals surface area (Å²) in [6.07, 6.45) is 2.79. The lowest BCUT2D eigenvalue weighted by atomic mass is 10.0. The summed E-state index contributed by atoms with van der Waals surface area (Å²) in [6.45, 7) is 0. The Balaban J connectivity index is 2.49. The quantitative estimate of drug-likeness (QED) is 0.410. The summed E-state index contributed by atoms with van der Waals surface area (Å²) < 4.78 is 17.6. The van der Waals surface area contributed by atoms with Gasteiger partial charge in [0.2, 0.25) is 5.43 Å². The summed E-state index contributed by atoms with van der Waals surface area (Å²) in [6, 6.07) is 9.15. The lowest BCUT2D eigenvalue weighted by molar-refractivity contribution is -0.134. The molecule has 0 fully saturated rings. The van der Waals surface area contributed by atoms with Crippen LogP contribution in [0.5, 0.6) is 11.5 Å². The average Bonchev–Trinajstić information content (AvgIpc) is 2.68. The van der Waals surface area contributed by atoms with Crippen molar-refractivity contribution >= 4 is 33.9 Å². The van der Waals surface area contributed by atoms with Gasteiger partial charge < -0.3 is 18.8 Å². The maximum absolute atomic E-state index is 13.1. The summed E-state index contributed by atoms with van der Waals surface area (Å²) in [4.78, 5) is 24.6. The Kier molecular flexibility index (Phi) is 4.67. The number of ether oxygens (including phenoxy) is 3. The number of rotatable bonds is 4. The van der Waals surface area contributed by atoms with Gasteiger partial charge in [0.05, 0.1) is 43.3 Å². The second kappa shape index (κ2) is 6.92. The van der Waals surface area contributed by atoms with Gasteiger partial charge in [-0.2, -0.15) is 0 Å². The SMILES string of the molecule is COC(=O)/C=C/c1c(OC)cc2c(c1OC)c(=O)c1ccccc1n2C. The topological polar surface area (TPSA) is 66.8 Å². The Morgan fingerprint density at radius 3 is 2.46 bits per heavy atom. The van der Waals surface area contributed by atoms with Gasteiger partial charge in [-0.05, 0) is 18.2 Å². The summed E-state index contributed by atoms with van der Waals surface area (Å²) in [7, 11) is 6.18. The summed E-state index contributed by atoms with van der Waals surface area (Å²) in [5.74, 6) is 0.325. The van der Waals surface area contributed by atoms with E-state index in [9.17, 15) is 9.59 Å². The van der Waals surface area contributed by atoms with Gasteiger partial charge in [0.1, 0.15) is 11.5 Å². The van der Waals surface area contributed by atoms with Crippen molar-refractivity contribution in [3.05, 3.63) is 52.2 Å². The van der Waals surface area contributed by atoms with E-state index in [2.05, 4.69) is 4.74 Å². The van der Waals surface area contributed by atoms with Crippen molar-refractivity contribution in [3.63, 3.8) is 0 Å². The van der Waals surface area contributed by atoms with Gasteiger partial charge >= 0.3 is 5.97 Å². The number of aryl methyl sites for hydroxylation is 1. The van der Waals surface area contributed by atoms with Crippen LogP contribution in [0.25, 0.3) is 27.9 Å². The second-order valence-corrected chi connectivity index (χ2v) is 5.68. The van der Waals surface area contributed by atoms with Crippen molar-refractivity contribution in [3.8, 4) is 11.5 Å². The van der Waals surface area contributed by atoms with Crippen LogP contribution in [0.3, 0.4) is 0 Å². The number of fused-ring (bicyclic) bond motifs is 2. The average molecular weight is 353 g/mol. The van der Waals surface area contributed by atoms with E-state index in [4.69, 9.17) is 9.47 Å². The summed E-state index contributed by atoms with van der Waals surface area (Å²) >= 11 is 0. The first kappa shape index (κ1) is 17.5. The van der Waals surface area contributed by atoms with Crippen LogP contribution < -0.4 is 14.9 Å². The molecule has 2 aromatic carbocycles. The number of pyridine rings is 1. The third kappa shape index (κ3) is 2.69. The molecule has 6 nitrogen and oxygen atoms in total.